The third-order valence-electron chi connectivity index (χ3n) is 4.64. The van der Waals surface area contributed by atoms with Gasteiger partial charge in [-0.1, -0.05) is 78.9 Å². The third kappa shape index (κ3) is 2.93. The maximum atomic E-state index is 12.0. The lowest BCUT2D eigenvalue weighted by Gasteiger charge is -2.24. The van der Waals surface area contributed by atoms with Gasteiger partial charge in [0.1, 0.15) is 0 Å². The Bertz CT molecular complexity index is 872. The molecule has 0 aromatic heterocycles. The molecule has 0 amide bonds. The van der Waals surface area contributed by atoms with Gasteiger partial charge in [0.05, 0.1) is 5.69 Å². The Morgan fingerprint density at radius 2 is 1.27 bits per heavy atom. The second kappa shape index (κ2) is 6.98. The minimum atomic E-state index is -0.917. The van der Waals surface area contributed by atoms with Crippen LogP contribution in [0.1, 0.15) is 23.3 Å². The van der Waals surface area contributed by atoms with Gasteiger partial charge < -0.3 is 0 Å². The number of hydrogen-bond donors (Lipinski definition) is 0. The molecule has 26 heavy (non-hydrogen) atoms. The van der Waals surface area contributed by atoms with Gasteiger partial charge in [-0.25, -0.2) is 5.06 Å². The molecule has 3 aromatic rings. The summed E-state index contributed by atoms with van der Waals surface area (Å²) in [5, 5.41) is 13.7. The summed E-state index contributed by atoms with van der Waals surface area (Å²) in [6.45, 7) is 0. The molecule has 1 fully saturated rings. The van der Waals surface area contributed by atoms with Crippen molar-refractivity contribution in [1.29, 1.82) is 0 Å². The normalized spacial score (nSPS) is 22.3. The van der Waals surface area contributed by atoms with Crippen LogP contribution in [0.4, 0.5) is 5.69 Å². The Morgan fingerprint density at radius 1 is 0.769 bits per heavy atom. The van der Waals surface area contributed by atoms with Crippen LogP contribution in [0.5, 0.6) is 0 Å². The molecular weight excluding hydrogens is 328 g/mol. The third-order valence-corrected chi connectivity index (χ3v) is 4.64. The molecule has 0 bridgehead atoms. The number of hydroxylamine groups is 1. The van der Waals surface area contributed by atoms with Crippen LogP contribution in [-0.2, 0) is 4.84 Å². The van der Waals surface area contributed by atoms with Crippen LogP contribution in [0.25, 0.3) is 0 Å². The van der Waals surface area contributed by atoms with E-state index in [-0.39, 0.29) is 4.92 Å². The first kappa shape index (κ1) is 16.3. The first-order valence-electron chi connectivity index (χ1n) is 8.50. The summed E-state index contributed by atoms with van der Waals surface area (Å²) < 4.78 is 0. The summed E-state index contributed by atoms with van der Waals surface area (Å²) in [4.78, 5) is 18.0. The van der Waals surface area contributed by atoms with Crippen LogP contribution >= 0.6 is 0 Å². The fourth-order valence-electron chi connectivity index (χ4n) is 3.46. The molecule has 0 N–H and O–H groups in total. The van der Waals surface area contributed by atoms with Crippen molar-refractivity contribution in [3.05, 3.63) is 112 Å². The van der Waals surface area contributed by atoms with Gasteiger partial charge in [0.15, 0.2) is 12.1 Å². The fourth-order valence-corrected chi connectivity index (χ4v) is 3.46. The van der Waals surface area contributed by atoms with E-state index in [4.69, 9.17) is 4.84 Å². The maximum absolute atomic E-state index is 12.0. The van der Waals surface area contributed by atoms with Crippen molar-refractivity contribution in [3.63, 3.8) is 0 Å². The Labute approximate surface area is 151 Å². The zero-order valence-corrected chi connectivity index (χ0v) is 14.0. The predicted molar refractivity (Wildman–Crippen MR) is 99.2 cm³/mol. The van der Waals surface area contributed by atoms with Gasteiger partial charge in [0, 0.05) is 4.92 Å². The number of anilines is 1. The highest BCUT2D eigenvalue weighted by Gasteiger charge is 2.53. The quantitative estimate of drug-likeness (QED) is 0.513. The molecule has 0 unspecified atom stereocenters. The average molecular weight is 346 g/mol. The number of nitrogens with zero attached hydrogens (tertiary/aromatic N) is 2. The molecule has 0 saturated carbocycles. The van der Waals surface area contributed by atoms with Crippen LogP contribution in [0.15, 0.2) is 91.0 Å². The molecule has 1 saturated heterocycles. The van der Waals surface area contributed by atoms with Crippen molar-refractivity contribution in [2.75, 3.05) is 5.06 Å². The molecule has 1 aliphatic rings. The molecule has 1 aliphatic heterocycles. The number of benzene rings is 3. The average Bonchev–Trinajstić information content (AvgIpc) is 3.11. The highest BCUT2D eigenvalue weighted by Crippen LogP contribution is 2.45. The summed E-state index contributed by atoms with van der Waals surface area (Å²) in [7, 11) is 0. The molecule has 5 nitrogen and oxygen atoms in total. The molecule has 3 atom stereocenters. The van der Waals surface area contributed by atoms with Crippen molar-refractivity contribution in [1.82, 2.24) is 0 Å². The Kier molecular flexibility index (Phi) is 4.37. The molecule has 0 aliphatic carbocycles. The standard InChI is InChI=1S/C21H18N2O3/c24-23(25)20-19(16-10-4-1-5-11-16)22(18-14-8-3-9-15-18)26-21(20)17-12-6-2-7-13-17/h1-15,19-21H/t19-,20+,21-/m1/s1. The number of para-hydroxylation sites is 1. The van der Waals surface area contributed by atoms with Gasteiger partial charge in [-0.05, 0) is 23.3 Å². The monoisotopic (exact) mass is 346 g/mol. The van der Waals surface area contributed by atoms with Crippen LogP contribution in [0.2, 0.25) is 0 Å². The van der Waals surface area contributed by atoms with E-state index in [1.165, 1.54) is 0 Å². The van der Waals surface area contributed by atoms with Gasteiger partial charge in [-0.15, -0.1) is 0 Å². The molecule has 0 spiro atoms. The molecule has 3 aromatic carbocycles. The van der Waals surface area contributed by atoms with Crippen LogP contribution in [0.3, 0.4) is 0 Å². The van der Waals surface area contributed by atoms with Crippen LogP contribution < -0.4 is 5.06 Å². The minimum Gasteiger partial charge on any atom is -0.264 e. The zero-order chi connectivity index (χ0) is 17.9. The van der Waals surface area contributed by atoms with Gasteiger partial charge in [0.2, 0.25) is 0 Å². The SMILES string of the molecule is O=[N+]([O-])[C@@H]1[C@@H](c2ccccc2)ON(c2ccccc2)[C@@H]1c1ccccc1. The lowest BCUT2D eigenvalue weighted by Crippen LogP contribution is -2.32. The topological polar surface area (TPSA) is 55.6 Å². The second-order valence-corrected chi connectivity index (χ2v) is 6.23. The molecule has 4 rings (SSSR count). The highest BCUT2D eigenvalue weighted by molar-refractivity contribution is 5.48. The van der Waals surface area contributed by atoms with Crippen molar-refractivity contribution < 1.29 is 9.76 Å². The zero-order valence-electron chi connectivity index (χ0n) is 14.0. The summed E-state index contributed by atoms with van der Waals surface area (Å²) in [6.07, 6.45) is -0.656. The first-order valence-corrected chi connectivity index (χ1v) is 8.50. The Morgan fingerprint density at radius 3 is 1.81 bits per heavy atom. The lowest BCUT2D eigenvalue weighted by atomic mass is 9.93. The van der Waals surface area contributed by atoms with Crippen molar-refractivity contribution in [2.45, 2.75) is 18.2 Å². The van der Waals surface area contributed by atoms with Crippen LogP contribution in [0, 0.1) is 10.1 Å². The highest BCUT2D eigenvalue weighted by atomic mass is 16.7. The summed E-state index contributed by atoms with van der Waals surface area (Å²) in [5.41, 5.74) is 2.46. The summed E-state index contributed by atoms with van der Waals surface area (Å²) in [5.74, 6) is 0. The van der Waals surface area contributed by atoms with Crippen molar-refractivity contribution in [2.24, 2.45) is 0 Å². The van der Waals surface area contributed by atoms with Gasteiger partial charge >= 0.3 is 0 Å². The van der Waals surface area contributed by atoms with Crippen LogP contribution in [-0.4, -0.2) is 11.0 Å². The fraction of sp³-hybridized carbons (Fsp3) is 0.143. The molecule has 5 heteroatoms. The second-order valence-electron chi connectivity index (χ2n) is 6.23. The number of nitro groups is 1. The van der Waals surface area contributed by atoms with E-state index in [0.717, 1.165) is 16.8 Å². The Balaban J connectivity index is 1.83. The number of hydrogen-bond acceptors (Lipinski definition) is 4. The van der Waals surface area contributed by atoms with E-state index in [9.17, 15) is 10.1 Å². The van der Waals surface area contributed by atoms with Gasteiger partial charge in [0.25, 0.3) is 6.04 Å². The van der Waals surface area contributed by atoms with Gasteiger partial charge in [-0.2, -0.15) is 0 Å². The summed E-state index contributed by atoms with van der Waals surface area (Å²) >= 11 is 0. The van der Waals surface area contributed by atoms with Gasteiger partial charge in [-0.3, -0.25) is 15.0 Å². The van der Waals surface area contributed by atoms with E-state index in [1.807, 2.05) is 91.0 Å². The van der Waals surface area contributed by atoms with Crippen molar-refractivity contribution in [3.8, 4) is 0 Å². The Hall–Kier alpha value is -3.18. The van der Waals surface area contributed by atoms with Crippen molar-refractivity contribution >= 4 is 5.69 Å². The van der Waals surface area contributed by atoms with E-state index < -0.39 is 18.2 Å². The van der Waals surface area contributed by atoms with E-state index in [2.05, 4.69) is 0 Å². The van der Waals surface area contributed by atoms with E-state index in [0.29, 0.717) is 0 Å². The van der Waals surface area contributed by atoms with E-state index in [1.54, 1.807) is 5.06 Å². The minimum absolute atomic E-state index is 0.224. The number of rotatable bonds is 4. The summed E-state index contributed by atoms with van der Waals surface area (Å²) in [6, 6.07) is 27.0. The predicted octanol–water partition coefficient (Wildman–Crippen LogP) is 4.57. The molecular formula is C21H18N2O3. The largest absolute Gasteiger partial charge is 0.272 e. The molecule has 1 heterocycles. The molecule has 0 radical (unpaired) electrons. The maximum Gasteiger partial charge on any atom is 0.272 e. The molecule has 130 valence electrons. The smallest absolute Gasteiger partial charge is 0.264 e. The van der Waals surface area contributed by atoms with E-state index >= 15 is 0 Å². The first-order chi connectivity index (χ1) is 12.8. The lowest BCUT2D eigenvalue weighted by molar-refractivity contribution is -0.531.